The minimum absolute atomic E-state index is 0.102. The average Bonchev–Trinajstić information content (AvgIpc) is 2.50. The standard InChI is InChI=1S/C12H25N3O/c1-9-4-3-5-11(7-6-9)14-8-10(2)12(13)15-16/h9-11,14,16H,3-8H2,1-2H3,(H2,13,15). The molecule has 4 N–H and O–H groups in total. The summed E-state index contributed by atoms with van der Waals surface area (Å²) in [6.07, 6.45) is 6.50. The Labute approximate surface area is 98.3 Å². The Hall–Kier alpha value is -0.770. The zero-order chi connectivity index (χ0) is 12.0. The molecule has 1 aliphatic rings. The summed E-state index contributed by atoms with van der Waals surface area (Å²) in [7, 11) is 0. The monoisotopic (exact) mass is 227 g/mol. The van der Waals surface area contributed by atoms with E-state index in [-0.39, 0.29) is 5.92 Å². The third kappa shape index (κ3) is 4.39. The van der Waals surface area contributed by atoms with Crippen molar-refractivity contribution >= 4 is 5.84 Å². The maximum atomic E-state index is 8.56. The minimum atomic E-state index is 0.102. The van der Waals surface area contributed by atoms with Crippen molar-refractivity contribution in [2.75, 3.05) is 6.54 Å². The van der Waals surface area contributed by atoms with Gasteiger partial charge in [-0.05, 0) is 25.2 Å². The van der Waals surface area contributed by atoms with Crippen molar-refractivity contribution in [3.63, 3.8) is 0 Å². The van der Waals surface area contributed by atoms with Gasteiger partial charge in [-0.1, -0.05) is 31.8 Å². The highest BCUT2D eigenvalue weighted by Gasteiger charge is 2.17. The topological polar surface area (TPSA) is 70.6 Å². The Balaban J connectivity index is 2.26. The molecule has 94 valence electrons. The second-order valence-corrected chi connectivity index (χ2v) is 5.14. The summed E-state index contributed by atoms with van der Waals surface area (Å²) < 4.78 is 0. The molecule has 3 unspecified atom stereocenters. The lowest BCUT2D eigenvalue weighted by atomic mass is 10.0. The molecule has 1 aliphatic carbocycles. The molecule has 0 aliphatic heterocycles. The third-order valence-corrected chi connectivity index (χ3v) is 3.59. The number of hydrogen-bond donors (Lipinski definition) is 3. The maximum Gasteiger partial charge on any atom is 0.143 e. The lowest BCUT2D eigenvalue weighted by Gasteiger charge is -2.19. The molecule has 0 bridgehead atoms. The van der Waals surface area contributed by atoms with Crippen LogP contribution >= 0.6 is 0 Å². The van der Waals surface area contributed by atoms with Crippen LogP contribution in [0.1, 0.15) is 46.0 Å². The predicted octanol–water partition coefficient (Wildman–Crippen LogP) is 1.93. The Kier molecular flexibility index (Phi) is 5.60. The number of oxime groups is 1. The molecule has 0 aromatic carbocycles. The normalized spacial score (nSPS) is 29.8. The van der Waals surface area contributed by atoms with Crippen LogP contribution in [-0.2, 0) is 0 Å². The van der Waals surface area contributed by atoms with Crippen LogP contribution in [0.25, 0.3) is 0 Å². The summed E-state index contributed by atoms with van der Waals surface area (Å²) in [5, 5.41) is 15.1. The smallest absolute Gasteiger partial charge is 0.143 e. The van der Waals surface area contributed by atoms with Gasteiger partial charge in [-0.2, -0.15) is 0 Å². The number of nitrogens with zero attached hydrogens (tertiary/aromatic N) is 1. The van der Waals surface area contributed by atoms with Gasteiger partial charge in [0.1, 0.15) is 5.84 Å². The Morgan fingerprint density at radius 1 is 1.44 bits per heavy atom. The van der Waals surface area contributed by atoms with Gasteiger partial charge in [0.2, 0.25) is 0 Å². The number of rotatable bonds is 4. The van der Waals surface area contributed by atoms with Crippen LogP contribution in [0.15, 0.2) is 5.16 Å². The third-order valence-electron chi connectivity index (χ3n) is 3.59. The van der Waals surface area contributed by atoms with E-state index < -0.39 is 0 Å². The lowest BCUT2D eigenvalue weighted by Crippen LogP contribution is -2.37. The van der Waals surface area contributed by atoms with Crippen molar-refractivity contribution < 1.29 is 5.21 Å². The minimum Gasteiger partial charge on any atom is -0.409 e. The highest BCUT2D eigenvalue weighted by molar-refractivity contribution is 5.82. The molecule has 4 heteroatoms. The molecule has 0 spiro atoms. The number of nitrogens with one attached hydrogen (secondary N) is 1. The number of nitrogens with two attached hydrogens (primary N) is 1. The fourth-order valence-corrected chi connectivity index (χ4v) is 2.24. The summed E-state index contributed by atoms with van der Waals surface area (Å²) >= 11 is 0. The largest absolute Gasteiger partial charge is 0.409 e. The zero-order valence-electron chi connectivity index (χ0n) is 10.4. The molecule has 1 saturated carbocycles. The van der Waals surface area contributed by atoms with Crippen molar-refractivity contribution in [1.82, 2.24) is 5.32 Å². The summed E-state index contributed by atoms with van der Waals surface area (Å²) in [5.74, 6) is 1.29. The van der Waals surface area contributed by atoms with E-state index >= 15 is 0 Å². The van der Waals surface area contributed by atoms with E-state index in [1.165, 1.54) is 32.1 Å². The molecular formula is C12H25N3O. The van der Waals surface area contributed by atoms with Crippen molar-refractivity contribution in [2.45, 2.75) is 52.0 Å². The van der Waals surface area contributed by atoms with E-state index in [4.69, 9.17) is 10.9 Å². The lowest BCUT2D eigenvalue weighted by molar-refractivity contribution is 0.313. The average molecular weight is 227 g/mol. The summed E-state index contributed by atoms with van der Waals surface area (Å²) in [4.78, 5) is 0. The molecule has 0 aromatic heterocycles. The molecule has 1 fully saturated rings. The molecule has 0 saturated heterocycles. The van der Waals surface area contributed by atoms with Gasteiger partial charge in [-0.15, -0.1) is 0 Å². The van der Waals surface area contributed by atoms with E-state index in [0.29, 0.717) is 11.9 Å². The van der Waals surface area contributed by atoms with Gasteiger partial charge in [0, 0.05) is 18.5 Å². The second kappa shape index (κ2) is 6.74. The first-order chi connectivity index (χ1) is 7.63. The fourth-order valence-electron chi connectivity index (χ4n) is 2.24. The van der Waals surface area contributed by atoms with Crippen molar-refractivity contribution in [1.29, 1.82) is 0 Å². The van der Waals surface area contributed by atoms with Crippen LogP contribution < -0.4 is 11.1 Å². The highest BCUT2D eigenvalue weighted by Crippen LogP contribution is 2.22. The van der Waals surface area contributed by atoms with Gasteiger partial charge in [0.25, 0.3) is 0 Å². The van der Waals surface area contributed by atoms with E-state index in [9.17, 15) is 0 Å². The maximum absolute atomic E-state index is 8.56. The number of hydrogen-bond acceptors (Lipinski definition) is 3. The van der Waals surface area contributed by atoms with Crippen LogP contribution in [0.4, 0.5) is 0 Å². The molecule has 4 nitrogen and oxygen atoms in total. The first-order valence-corrected chi connectivity index (χ1v) is 6.34. The first-order valence-electron chi connectivity index (χ1n) is 6.34. The summed E-state index contributed by atoms with van der Waals surface area (Å²) in [6.45, 7) is 5.11. The van der Waals surface area contributed by atoms with E-state index in [0.717, 1.165) is 12.5 Å². The Bertz CT molecular complexity index is 230. The zero-order valence-corrected chi connectivity index (χ0v) is 10.4. The molecular weight excluding hydrogens is 202 g/mol. The molecule has 16 heavy (non-hydrogen) atoms. The summed E-state index contributed by atoms with van der Waals surface area (Å²) in [5.41, 5.74) is 5.55. The Morgan fingerprint density at radius 3 is 2.88 bits per heavy atom. The van der Waals surface area contributed by atoms with E-state index in [2.05, 4.69) is 17.4 Å². The molecule has 0 amide bonds. The van der Waals surface area contributed by atoms with Gasteiger partial charge in [0.15, 0.2) is 0 Å². The van der Waals surface area contributed by atoms with E-state index in [1.807, 2.05) is 6.92 Å². The van der Waals surface area contributed by atoms with Crippen LogP contribution in [0.2, 0.25) is 0 Å². The van der Waals surface area contributed by atoms with Crippen LogP contribution in [0, 0.1) is 11.8 Å². The quantitative estimate of drug-likeness (QED) is 0.226. The number of amidine groups is 1. The van der Waals surface area contributed by atoms with Crippen molar-refractivity contribution in [2.24, 2.45) is 22.7 Å². The molecule has 1 rings (SSSR count). The van der Waals surface area contributed by atoms with Crippen LogP contribution in [-0.4, -0.2) is 23.6 Å². The molecule has 0 radical (unpaired) electrons. The van der Waals surface area contributed by atoms with Crippen molar-refractivity contribution in [3.8, 4) is 0 Å². The van der Waals surface area contributed by atoms with Crippen LogP contribution in [0.3, 0.4) is 0 Å². The second-order valence-electron chi connectivity index (χ2n) is 5.14. The van der Waals surface area contributed by atoms with Crippen molar-refractivity contribution in [3.05, 3.63) is 0 Å². The van der Waals surface area contributed by atoms with E-state index in [1.54, 1.807) is 0 Å². The molecule has 0 heterocycles. The fraction of sp³-hybridized carbons (Fsp3) is 0.917. The SMILES string of the molecule is CC1CCCC(NCC(C)C(N)=NO)CC1. The van der Waals surface area contributed by atoms with Gasteiger partial charge in [-0.25, -0.2) is 0 Å². The Morgan fingerprint density at radius 2 is 2.19 bits per heavy atom. The van der Waals surface area contributed by atoms with Gasteiger partial charge >= 0.3 is 0 Å². The van der Waals surface area contributed by atoms with Gasteiger partial charge in [-0.3, -0.25) is 0 Å². The highest BCUT2D eigenvalue weighted by atomic mass is 16.4. The molecule has 0 aromatic rings. The summed E-state index contributed by atoms with van der Waals surface area (Å²) in [6, 6.07) is 0.610. The first kappa shape index (κ1) is 13.3. The molecule has 3 atom stereocenters. The van der Waals surface area contributed by atoms with Gasteiger partial charge < -0.3 is 16.3 Å². The van der Waals surface area contributed by atoms with Crippen LogP contribution in [0.5, 0.6) is 0 Å². The van der Waals surface area contributed by atoms with Gasteiger partial charge in [0.05, 0.1) is 0 Å². The predicted molar refractivity (Wildman–Crippen MR) is 66.6 cm³/mol.